The third kappa shape index (κ3) is 7.71. The van der Waals surface area contributed by atoms with Gasteiger partial charge in [0.25, 0.3) is 0 Å². The highest BCUT2D eigenvalue weighted by Crippen LogP contribution is 2.45. The van der Waals surface area contributed by atoms with E-state index in [0.29, 0.717) is 34.9 Å². The maximum atomic E-state index is 5.51. The smallest absolute Gasteiger partial charge is 0.166 e. The molecule has 0 saturated heterocycles. The number of fused-ring (bicyclic) bond motifs is 6. The van der Waals surface area contributed by atoms with Crippen LogP contribution in [0.25, 0.3) is 134 Å². The van der Waals surface area contributed by atoms with Gasteiger partial charge in [-0.05, 0) is 66.6 Å². The number of benzene rings is 10. The van der Waals surface area contributed by atoms with Crippen LogP contribution < -0.4 is 0 Å². The average Bonchev–Trinajstić information content (AvgIpc) is 4.00. The molecule has 4 aromatic heterocycles. The number of aryl methyl sites for hydroxylation is 1. The van der Waals surface area contributed by atoms with Crippen LogP contribution in [-0.2, 0) is 0 Å². The van der Waals surface area contributed by atoms with Crippen LogP contribution in [-0.4, -0.2) is 39.0 Å². The average molecular weight is 961 g/mol. The SMILES string of the molecule is Cc1ccc2c(c1)c1ccccc1n2-c1cc(-c2nc(-c3ccccc3)nc(-c3ccccc3)n2)c(-n2c3ccccc3c3cc(-c4ccccc4)ccc32)c(-c2nc(-c3ccccc3)nc(-c3ccccc3)n2)c1. The van der Waals surface area contributed by atoms with E-state index in [-0.39, 0.29) is 0 Å². The fraction of sp³-hybridized carbons (Fsp3) is 0.0149. The van der Waals surface area contributed by atoms with E-state index in [1.165, 1.54) is 5.56 Å². The van der Waals surface area contributed by atoms with Gasteiger partial charge in [-0.15, -0.1) is 0 Å². The van der Waals surface area contributed by atoms with E-state index in [4.69, 9.17) is 29.9 Å². The molecule has 0 aliphatic carbocycles. The zero-order chi connectivity index (χ0) is 49.8. The van der Waals surface area contributed by atoms with Gasteiger partial charge in [-0.2, -0.15) is 0 Å². The van der Waals surface area contributed by atoms with Crippen molar-refractivity contribution < 1.29 is 0 Å². The standard InChI is InChI=1S/C67H44N8/c1-43-35-37-59-53(39-43)51-31-17-19-33-57(51)74(59)50-41-55(66-70-62(45-23-9-3-10-24-45)68-63(71-66)46-25-11-4-12-26-46)61(75-58-34-20-18-32-52(58)54-40-49(36-38-60(54)75)44-21-7-2-8-22-44)56(42-50)67-72-64(47-27-13-5-14-28-47)69-65(73-67)48-29-15-6-16-30-48/h2-42H,1H3. The molecule has 14 rings (SSSR count). The van der Waals surface area contributed by atoms with Gasteiger partial charge in [-0.1, -0.05) is 206 Å². The highest BCUT2D eigenvalue weighted by atomic mass is 15.1. The minimum Gasteiger partial charge on any atom is -0.309 e. The molecule has 0 fully saturated rings. The first kappa shape index (κ1) is 43.6. The lowest BCUT2D eigenvalue weighted by Crippen LogP contribution is -2.09. The molecule has 0 spiro atoms. The summed E-state index contributed by atoms with van der Waals surface area (Å²) in [5.41, 5.74) is 14.3. The summed E-state index contributed by atoms with van der Waals surface area (Å²) in [4.78, 5) is 32.4. The van der Waals surface area contributed by atoms with Gasteiger partial charge in [0.1, 0.15) is 0 Å². The summed E-state index contributed by atoms with van der Waals surface area (Å²) in [7, 11) is 0. The molecule has 8 nitrogen and oxygen atoms in total. The first-order valence-corrected chi connectivity index (χ1v) is 25.1. The van der Waals surface area contributed by atoms with Crippen LogP contribution in [0.5, 0.6) is 0 Å². The van der Waals surface area contributed by atoms with Crippen LogP contribution in [0.3, 0.4) is 0 Å². The van der Waals surface area contributed by atoms with Crippen LogP contribution in [0.4, 0.5) is 0 Å². The van der Waals surface area contributed by atoms with Crippen molar-refractivity contribution in [3.63, 3.8) is 0 Å². The van der Waals surface area contributed by atoms with Crippen molar-refractivity contribution in [2.75, 3.05) is 0 Å². The zero-order valence-electron chi connectivity index (χ0n) is 40.7. The molecule has 0 aliphatic heterocycles. The Hall–Kier alpha value is -10.2. The zero-order valence-corrected chi connectivity index (χ0v) is 40.7. The molecule has 0 unspecified atom stereocenters. The first-order chi connectivity index (χ1) is 37.1. The second-order valence-corrected chi connectivity index (χ2v) is 18.8. The van der Waals surface area contributed by atoms with Crippen LogP contribution in [0, 0.1) is 6.92 Å². The highest BCUT2D eigenvalue weighted by molar-refractivity contribution is 6.12. The summed E-state index contributed by atoms with van der Waals surface area (Å²) >= 11 is 0. The Morgan fingerprint density at radius 3 is 1.07 bits per heavy atom. The van der Waals surface area contributed by atoms with E-state index in [1.807, 2.05) is 72.8 Å². The molecule has 0 atom stereocenters. The predicted octanol–water partition coefficient (Wildman–Crippen LogP) is 16.2. The van der Waals surface area contributed by atoms with Crippen molar-refractivity contribution in [1.82, 2.24) is 39.0 Å². The largest absolute Gasteiger partial charge is 0.309 e. The second-order valence-electron chi connectivity index (χ2n) is 18.8. The quantitative estimate of drug-likeness (QED) is 0.143. The van der Waals surface area contributed by atoms with Gasteiger partial charge in [-0.25, -0.2) is 29.9 Å². The third-order valence-corrected chi connectivity index (χ3v) is 14.1. The lowest BCUT2D eigenvalue weighted by Gasteiger charge is -2.21. The van der Waals surface area contributed by atoms with Gasteiger partial charge in [0.05, 0.1) is 27.8 Å². The predicted molar refractivity (Wildman–Crippen MR) is 305 cm³/mol. The lowest BCUT2D eigenvalue weighted by molar-refractivity contribution is 1.05. The van der Waals surface area contributed by atoms with Crippen LogP contribution in [0.1, 0.15) is 5.56 Å². The van der Waals surface area contributed by atoms with Gasteiger partial charge >= 0.3 is 0 Å². The van der Waals surface area contributed by atoms with Crippen LogP contribution >= 0.6 is 0 Å². The normalized spacial score (nSPS) is 11.5. The molecule has 14 aromatic rings. The Labute approximate surface area is 432 Å². The summed E-state index contributed by atoms with van der Waals surface area (Å²) < 4.78 is 4.72. The maximum absolute atomic E-state index is 5.51. The molecule has 0 bridgehead atoms. The van der Waals surface area contributed by atoms with Crippen LogP contribution in [0.2, 0.25) is 0 Å². The van der Waals surface area contributed by atoms with Gasteiger partial charge in [-0.3, -0.25) is 0 Å². The molecule has 352 valence electrons. The van der Waals surface area contributed by atoms with Crippen molar-refractivity contribution >= 4 is 43.6 Å². The van der Waals surface area contributed by atoms with Crippen molar-refractivity contribution in [3.05, 3.63) is 254 Å². The number of aromatic nitrogens is 8. The number of para-hydroxylation sites is 2. The summed E-state index contributed by atoms with van der Waals surface area (Å²) in [5, 5.41) is 4.50. The summed E-state index contributed by atoms with van der Waals surface area (Å²) in [6.45, 7) is 2.15. The fourth-order valence-electron chi connectivity index (χ4n) is 10.6. The number of hydrogen-bond donors (Lipinski definition) is 0. The summed E-state index contributed by atoms with van der Waals surface area (Å²) in [5.74, 6) is 3.19. The third-order valence-electron chi connectivity index (χ3n) is 14.1. The molecule has 0 aliphatic rings. The molecule has 0 radical (unpaired) electrons. The molecule has 0 amide bonds. The van der Waals surface area contributed by atoms with Gasteiger partial charge in [0.15, 0.2) is 34.9 Å². The minimum atomic E-state index is 0.491. The molecule has 10 aromatic carbocycles. The van der Waals surface area contributed by atoms with E-state index < -0.39 is 0 Å². The monoisotopic (exact) mass is 960 g/mol. The van der Waals surface area contributed by atoms with Gasteiger partial charge in [0.2, 0.25) is 0 Å². The molecular weight excluding hydrogens is 917 g/mol. The van der Waals surface area contributed by atoms with Gasteiger partial charge < -0.3 is 9.13 Å². The molecule has 0 N–H and O–H groups in total. The lowest BCUT2D eigenvalue weighted by atomic mass is 10.0. The maximum Gasteiger partial charge on any atom is 0.166 e. The Morgan fingerprint density at radius 1 is 0.253 bits per heavy atom. The molecule has 75 heavy (non-hydrogen) atoms. The molecule has 4 heterocycles. The first-order valence-electron chi connectivity index (χ1n) is 25.1. The van der Waals surface area contributed by atoms with E-state index in [9.17, 15) is 0 Å². The molecular formula is C67H44N8. The van der Waals surface area contributed by atoms with E-state index in [2.05, 4.69) is 192 Å². The Balaban J connectivity index is 1.18. The Morgan fingerprint density at radius 2 is 0.600 bits per heavy atom. The van der Waals surface area contributed by atoms with Gasteiger partial charge in [0, 0.05) is 60.6 Å². The summed E-state index contributed by atoms with van der Waals surface area (Å²) in [6, 6.07) is 86.4. The van der Waals surface area contributed by atoms with Crippen molar-refractivity contribution in [2.24, 2.45) is 0 Å². The van der Waals surface area contributed by atoms with Crippen molar-refractivity contribution in [2.45, 2.75) is 6.92 Å². The van der Waals surface area contributed by atoms with E-state index >= 15 is 0 Å². The number of rotatable bonds is 9. The van der Waals surface area contributed by atoms with Crippen molar-refractivity contribution in [3.8, 4) is 90.8 Å². The Kier molecular flexibility index (Phi) is 10.5. The van der Waals surface area contributed by atoms with Crippen LogP contribution in [0.15, 0.2) is 249 Å². The summed E-state index contributed by atoms with van der Waals surface area (Å²) in [6.07, 6.45) is 0. The second kappa shape index (κ2) is 18.1. The minimum absolute atomic E-state index is 0.491. The fourth-order valence-corrected chi connectivity index (χ4v) is 10.6. The number of nitrogens with zero attached hydrogens (tertiary/aromatic N) is 8. The highest BCUT2D eigenvalue weighted by Gasteiger charge is 2.28. The molecule has 0 saturated carbocycles. The number of hydrogen-bond acceptors (Lipinski definition) is 6. The topological polar surface area (TPSA) is 87.2 Å². The van der Waals surface area contributed by atoms with Crippen molar-refractivity contribution in [1.29, 1.82) is 0 Å². The molecule has 8 heteroatoms. The van der Waals surface area contributed by atoms with E-state index in [0.717, 1.165) is 99.5 Å². The Bertz CT molecular complexity index is 4190. The van der Waals surface area contributed by atoms with E-state index in [1.54, 1.807) is 0 Å².